The van der Waals surface area contributed by atoms with Crippen molar-refractivity contribution < 1.29 is 19.1 Å². The van der Waals surface area contributed by atoms with E-state index in [1.54, 1.807) is 37.1 Å². The molecule has 1 aromatic carbocycles. The monoisotopic (exact) mass is 507 g/mol. The van der Waals surface area contributed by atoms with E-state index in [1.807, 2.05) is 49.1 Å². The maximum atomic E-state index is 13.3. The van der Waals surface area contributed by atoms with E-state index in [9.17, 15) is 9.59 Å². The first-order valence-electron chi connectivity index (χ1n) is 12.3. The van der Waals surface area contributed by atoms with E-state index in [0.29, 0.717) is 38.0 Å². The average Bonchev–Trinajstić information content (AvgIpc) is 3.42. The highest BCUT2D eigenvalue weighted by Crippen LogP contribution is 2.21. The van der Waals surface area contributed by atoms with Crippen molar-refractivity contribution >= 4 is 17.8 Å². The number of aryl methyl sites for hydroxylation is 2. The van der Waals surface area contributed by atoms with Gasteiger partial charge in [0.15, 0.2) is 0 Å². The van der Waals surface area contributed by atoms with Crippen LogP contribution in [-0.2, 0) is 9.53 Å². The van der Waals surface area contributed by atoms with Gasteiger partial charge >= 0.3 is 6.09 Å². The summed E-state index contributed by atoms with van der Waals surface area (Å²) in [6, 6.07) is 8.83. The number of benzene rings is 1. The van der Waals surface area contributed by atoms with Gasteiger partial charge in [0.25, 0.3) is 0 Å². The van der Waals surface area contributed by atoms with Gasteiger partial charge in [-0.3, -0.25) is 14.3 Å². The number of piperazine rings is 1. The minimum atomic E-state index is -0.758. The molecule has 1 saturated heterocycles. The summed E-state index contributed by atoms with van der Waals surface area (Å²) in [5, 5.41) is 2.90. The molecule has 1 unspecified atom stereocenters. The zero-order valence-electron chi connectivity index (χ0n) is 21.6. The summed E-state index contributed by atoms with van der Waals surface area (Å²) in [6.45, 7) is 9.14. The third-order valence-corrected chi connectivity index (χ3v) is 5.83. The van der Waals surface area contributed by atoms with Crippen LogP contribution in [0.1, 0.15) is 25.1 Å². The number of rotatable bonds is 8. The first-order valence-corrected chi connectivity index (χ1v) is 12.3. The molecule has 1 fully saturated rings. The van der Waals surface area contributed by atoms with Gasteiger partial charge in [-0.15, -0.1) is 0 Å². The number of nitrogens with one attached hydrogen (secondary N) is 1. The van der Waals surface area contributed by atoms with Gasteiger partial charge in [0.1, 0.15) is 30.5 Å². The summed E-state index contributed by atoms with van der Waals surface area (Å²) in [6.07, 6.45) is 4.26. The second kappa shape index (κ2) is 11.7. The third-order valence-electron chi connectivity index (χ3n) is 5.83. The van der Waals surface area contributed by atoms with Gasteiger partial charge in [-0.25, -0.2) is 14.8 Å². The molecule has 3 aromatic rings. The first kappa shape index (κ1) is 25.9. The maximum Gasteiger partial charge on any atom is 0.410 e. The van der Waals surface area contributed by atoms with Gasteiger partial charge in [-0.1, -0.05) is 17.7 Å². The van der Waals surface area contributed by atoms with Crippen molar-refractivity contribution in [2.24, 2.45) is 0 Å². The van der Waals surface area contributed by atoms with Crippen molar-refractivity contribution in [1.82, 2.24) is 29.7 Å². The Bertz CT molecular complexity index is 1200. The number of carbonyl (C=O) groups is 2. The Morgan fingerprint density at radius 2 is 1.92 bits per heavy atom. The molecule has 1 aliphatic rings. The molecule has 4 rings (SSSR count). The molecule has 0 saturated carbocycles. The highest BCUT2D eigenvalue weighted by molar-refractivity contribution is 5.86. The molecule has 2 amide bonds. The average molecular weight is 508 g/mol. The van der Waals surface area contributed by atoms with Crippen LogP contribution in [0, 0.1) is 13.8 Å². The lowest BCUT2D eigenvalue weighted by Gasteiger charge is -2.40. The zero-order chi connectivity index (χ0) is 26.4. The molecule has 11 nitrogen and oxygen atoms in total. The number of ether oxygens (including phenoxy) is 2. The number of imidazole rings is 1. The molecule has 196 valence electrons. The molecule has 0 radical (unpaired) electrons. The summed E-state index contributed by atoms with van der Waals surface area (Å²) < 4.78 is 12.9. The number of hydrogen-bond acceptors (Lipinski definition) is 8. The number of aromatic nitrogens is 4. The van der Waals surface area contributed by atoms with Crippen molar-refractivity contribution in [3.63, 3.8) is 0 Å². The van der Waals surface area contributed by atoms with Gasteiger partial charge in [0, 0.05) is 43.8 Å². The van der Waals surface area contributed by atoms with Crippen LogP contribution < -0.4 is 15.0 Å². The Kier molecular flexibility index (Phi) is 8.22. The van der Waals surface area contributed by atoms with Crippen LogP contribution in [0.25, 0.3) is 5.95 Å². The van der Waals surface area contributed by atoms with E-state index in [2.05, 4.69) is 20.3 Å². The fourth-order valence-corrected chi connectivity index (χ4v) is 3.99. The first-order chi connectivity index (χ1) is 17.8. The zero-order valence-corrected chi connectivity index (χ0v) is 21.6. The van der Waals surface area contributed by atoms with Gasteiger partial charge < -0.3 is 19.7 Å². The van der Waals surface area contributed by atoms with E-state index in [0.717, 1.165) is 17.0 Å². The third kappa shape index (κ3) is 6.75. The van der Waals surface area contributed by atoms with Crippen molar-refractivity contribution in [3.05, 3.63) is 60.3 Å². The molecule has 1 aliphatic heterocycles. The van der Waals surface area contributed by atoms with Crippen LogP contribution in [-0.4, -0.2) is 81.4 Å². The molecule has 0 bridgehead atoms. The predicted octanol–water partition coefficient (Wildman–Crippen LogP) is 2.51. The van der Waals surface area contributed by atoms with Gasteiger partial charge in [-0.2, -0.15) is 4.98 Å². The smallest absolute Gasteiger partial charge is 0.410 e. The molecule has 1 atom stereocenters. The summed E-state index contributed by atoms with van der Waals surface area (Å²) in [7, 11) is 0. The minimum Gasteiger partial charge on any atom is -0.492 e. The number of amides is 2. The Hall–Kier alpha value is -4.15. The largest absolute Gasteiger partial charge is 0.492 e. The fraction of sp³-hybridized carbons (Fsp3) is 0.423. The fourth-order valence-electron chi connectivity index (χ4n) is 3.99. The highest BCUT2D eigenvalue weighted by atomic mass is 16.6. The van der Waals surface area contributed by atoms with Crippen molar-refractivity contribution in [2.45, 2.75) is 39.8 Å². The van der Waals surface area contributed by atoms with E-state index >= 15 is 0 Å². The standard InChI is InChI=1S/C26H33N7O4/c1-18(2)37-26(35)33-13-12-31(23-15-20(4)29-25(30-23)32-11-9-27-17-32)16-22(33)24(34)28-10-14-36-21-7-5-19(3)6-8-21/h5-9,11,15,17-18,22H,10,12-14,16H2,1-4H3,(H,28,34). The molecular formula is C26H33N7O4. The molecule has 2 aromatic heterocycles. The van der Waals surface area contributed by atoms with E-state index in [-0.39, 0.29) is 18.6 Å². The van der Waals surface area contributed by atoms with Gasteiger partial charge in [-0.05, 0) is 39.8 Å². The lowest BCUT2D eigenvalue weighted by molar-refractivity contribution is -0.126. The summed E-state index contributed by atoms with van der Waals surface area (Å²) >= 11 is 0. The van der Waals surface area contributed by atoms with E-state index in [4.69, 9.17) is 9.47 Å². The Morgan fingerprint density at radius 1 is 1.14 bits per heavy atom. The normalized spacial score (nSPS) is 15.5. The van der Waals surface area contributed by atoms with Crippen LogP contribution in [0.5, 0.6) is 5.75 Å². The van der Waals surface area contributed by atoms with E-state index in [1.165, 1.54) is 4.90 Å². The second-order valence-electron chi connectivity index (χ2n) is 9.18. The number of hydrogen-bond donors (Lipinski definition) is 1. The van der Waals surface area contributed by atoms with E-state index < -0.39 is 12.1 Å². The number of anilines is 1. The quantitative estimate of drug-likeness (QED) is 0.463. The maximum absolute atomic E-state index is 13.3. The number of nitrogens with zero attached hydrogens (tertiary/aromatic N) is 6. The molecule has 37 heavy (non-hydrogen) atoms. The Labute approximate surface area is 216 Å². The van der Waals surface area contributed by atoms with Crippen molar-refractivity contribution in [2.75, 3.05) is 37.7 Å². The van der Waals surface area contributed by atoms with Crippen molar-refractivity contribution in [1.29, 1.82) is 0 Å². The van der Waals surface area contributed by atoms with Crippen LogP contribution in [0.15, 0.2) is 49.1 Å². The molecule has 0 aliphatic carbocycles. The lowest BCUT2D eigenvalue weighted by atomic mass is 10.1. The molecule has 0 spiro atoms. The predicted molar refractivity (Wildman–Crippen MR) is 138 cm³/mol. The number of carbonyl (C=O) groups excluding carboxylic acids is 2. The van der Waals surface area contributed by atoms with Crippen LogP contribution in [0.3, 0.4) is 0 Å². The summed E-state index contributed by atoms with van der Waals surface area (Å²) in [5.41, 5.74) is 1.93. The van der Waals surface area contributed by atoms with Crippen LogP contribution in [0.2, 0.25) is 0 Å². The van der Waals surface area contributed by atoms with Crippen molar-refractivity contribution in [3.8, 4) is 11.7 Å². The van der Waals surface area contributed by atoms with Gasteiger partial charge in [0.05, 0.1) is 12.6 Å². The summed E-state index contributed by atoms with van der Waals surface area (Å²) in [4.78, 5) is 42.8. The highest BCUT2D eigenvalue weighted by Gasteiger charge is 2.37. The molecule has 11 heteroatoms. The topological polar surface area (TPSA) is 115 Å². The van der Waals surface area contributed by atoms with Gasteiger partial charge in [0.2, 0.25) is 11.9 Å². The molecule has 3 heterocycles. The minimum absolute atomic E-state index is 0.262. The lowest BCUT2D eigenvalue weighted by Crippen LogP contribution is -2.61. The summed E-state index contributed by atoms with van der Waals surface area (Å²) in [5.74, 6) is 1.62. The molecular weight excluding hydrogens is 474 g/mol. The second-order valence-corrected chi connectivity index (χ2v) is 9.18. The Morgan fingerprint density at radius 3 is 2.62 bits per heavy atom. The Balaban J connectivity index is 1.45. The molecule has 1 N–H and O–H groups in total. The SMILES string of the molecule is Cc1ccc(OCCNC(=O)C2CN(c3cc(C)nc(-n4ccnc4)n3)CCN2C(=O)OC(C)C)cc1. The van der Waals surface area contributed by atoms with Crippen LogP contribution >= 0.6 is 0 Å². The van der Waals surface area contributed by atoms with Crippen LogP contribution in [0.4, 0.5) is 10.6 Å².